The third kappa shape index (κ3) is 5.34. The molecule has 2 rings (SSSR count). The van der Waals surface area contributed by atoms with Crippen LogP contribution in [0.15, 0.2) is 75.9 Å². The van der Waals surface area contributed by atoms with Crippen LogP contribution in [-0.2, 0) is 16.1 Å². The van der Waals surface area contributed by atoms with Gasteiger partial charge in [-0.05, 0) is 37.1 Å². The summed E-state index contributed by atoms with van der Waals surface area (Å²) in [5.74, 6) is -0.443. The van der Waals surface area contributed by atoms with Crippen molar-refractivity contribution >= 4 is 33.1 Å². The molecule has 132 valence electrons. The summed E-state index contributed by atoms with van der Waals surface area (Å²) in [5, 5.41) is 3.86. The first-order valence-corrected chi connectivity index (χ1v) is 8.69. The van der Waals surface area contributed by atoms with E-state index >= 15 is 0 Å². The van der Waals surface area contributed by atoms with Gasteiger partial charge in [0.15, 0.2) is 0 Å². The second kappa shape index (κ2) is 9.61. The molecule has 0 saturated heterocycles. The number of benzene rings is 2. The van der Waals surface area contributed by atoms with E-state index in [4.69, 9.17) is 4.84 Å². The normalized spacial score (nSPS) is 11.7. The number of ketones is 1. The Bertz CT molecular complexity index is 881. The molecule has 0 radical (unpaired) electrons. The average Bonchev–Trinajstić information content (AvgIpc) is 2.64. The van der Waals surface area contributed by atoms with Crippen molar-refractivity contribution in [3.63, 3.8) is 0 Å². The molecule has 2 aromatic rings. The van der Waals surface area contributed by atoms with Crippen molar-refractivity contribution in [2.75, 3.05) is 7.11 Å². The molecular weight excluding hydrogens is 394 g/mol. The Kier molecular flexibility index (Phi) is 7.21. The second-order valence-corrected chi connectivity index (χ2v) is 6.51. The van der Waals surface area contributed by atoms with Crippen LogP contribution in [0, 0.1) is 0 Å². The maximum absolute atomic E-state index is 12.6. The minimum atomic E-state index is -0.443. The first-order valence-electron chi connectivity index (χ1n) is 7.90. The van der Waals surface area contributed by atoms with Crippen LogP contribution >= 0.6 is 15.9 Å². The quantitative estimate of drug-likeness (QED) is 0.224. The topological polar surface area (TPSA) is 75.1 Å². The molecule has 0 fully saturated rings. The van der Waals surface area contributed by atoms with Crippen molar-refractivity contribution in [2.24, 2.45) is 5.16 Å². The number of hydrogen-bond acceptors (Lipinski definition) is 3. The van der Waals surface area contributed by atoms with Gasteiger partial charge in [-0.15, -0.1) is 0 Å². The van der Waals surface area contributed by atoms with Crippen molar-refractivity contribution in [1.82, 2.24) is 0 Å². The molecule has 0 bridgehead atoms. The van der Waals surface area contributed by atoms with Crippen LogP contribution in [0.5, 0.6) is 0 Å². The summed E-state index contributed by atoms with van der Waals surface area (Å²) in [7, 11) is 1.37. The highest BCUT2D eigenvalue weighted by molar-refractivity contribution is 9.10. The highest BCUT2D eigenvalue weighted by Gasteiger charge is 2.27. The lowest BCUT2D eigenvalue weighted by Gasteiger charge is -2.03. The molecule has 26 heavy (non-hydrogen) atoms. The van der Waals surface area contributed by atoms with Crippen LogP contribution in [0.25, 0.3) is 5.53 Å². The molecule has 0 aromatic heterocycles. The summed E-state index contributed by atoms with van der Waals surface area (Å²) in [5.41, 5.74) is 11.9. The standard InChI is InChI=1S/C20H18BrN3O2/c1-14(12-15-8-10-17(21)11-9-15)13-18(25)20(23-22)19(24-26-2)16-6-4-3-5-7-16/h3-11,13H,12H2,1-2H3/b14-13-,24-19+. The summed E-state index contributed by atoms with van der Waals surface area (Å²) in [6.07, 6.45) is 2.06. The number of rotatable bonds is 7. The largest absolute Gasteiger partial charge is 0.398 e. The van der Waals surface area contributed by atoms with E-state index in [0.29, 0.717) is 12.0 Å². The molecule has 0 unspecified atom stereocenters. The lowest BCUT2D eigenvalue weighted by atomic mass is 10.00. The third-order valence-electron chi connectivity index (χ3n) is 3.56. The molecule has 0 heterocycles. The summed E-state index contributed by atoms with van der Waals surface area (Å²) < 4.78 is 0.997. The smallest absolute Gasteiger partial charge is 0.391 e. The van der Waals surface area contributed by atoms with Gasteiger partial charge in [0.25, 0.3) is 5.78 Å². The predicted octanol–water partition coefficient (Wildman–Crippen LogP) is 4.23. The Hall–Kier alpha value is -2.82. The zero-order valence-electron chi connectivity index (χ0n) is 14.5. The van der Waals surface area contributed by atoms with Gasteiger partial charge in [-0.25, -0.2) is 0 Å². The molecule has 0 atom stereocenters. The monoisotopic (exact) mass is 411 g/mol. The van der Waals surface area contributed by atoms with E-state index in [2.05, 4.69) is 25.9 Å². The summed E-state index contributed by atoms with van der Waals surface area (Å²) in [4.78, 5) is 20.6. The van der Waals surface area contributed by atoms with E-state index in [9.17, 15) is 10.3 Å². The number of nitrogens with zero attached hydrogens (tertiary/aromatic N) is 3. The van der Waals surface area contributed by atoms with Gasteiger partial charge in [0.1, 0.15) is 7.11 Å². The Morgan fingerprint density at radius 3 is 2.42 bits per heavy atom. The van der Waals surface area contributed by atoms with Crippen LogP contribution in [0.2, 0.25) is 0 Å². The average molecular weight is 412 g/mol. The second-order valence-electron chi connectivity index (χ2n) is 5.60. The molecule has 0 aliphatic heterocycles. The van der Waals surface area contributed by atoms with Crippen LogP contribution in [-0.4, -0.2) is 29.1 Å². The van der Waals surface area contributed by atoms with Gasteiger partial charge in [0.2, 0.25) is 5.71 Å². The maximum Gasteiger partial charge on any atom is 0.391 e. The van der Waals surface area contributed by atoms with E-state index in [1.165, 1.54) is 13.2 Å². The van der Waals surface area contributed by atoms with Crippen molar-refractivity contribution in [2.45, 2.75) is 13.3 Å². The Labute approximate surface area is 160 Å². The molecule has 2 aromatic carbocycles. The Morgan fingerprint density at radius 1 is 1.19 bits per heavy atom. The van der Waals surface area contributed by atoms with Gasteiger partial charge in [0, 0.05) is 10.0 Å². The van der Waals surface area contributed by atoms with Crippen molar-refractivity contribution in [3.8, 4) is 0 Å². The van der Waals surface area contributed by atoms with Gasteiger partial charge in [0.05, 0.1) is 0 Å². The number of hydrogen-bond donors (Lipinski definition) is 0. The van der Waals surface area contributed by atoms with E-state index in [-0.39, 0.29) is 11.4 Å². The van der Waals surface area contributed by atoms with Crippen LogP contribution in [0.3, 0.4) is 0 Å². The van der Waals surface area contributed by atoms with E-state index < -0.39 is 5.78 Å². The SMILES string of the molecule is CO/N=C(/C(=[N+]=[N-])C(=O)/C=C(/C)Cc1ccc(Br)cc1)c1ccccc1. The zero-order valence-corrected chi connectivity index (χ0v) is 16.1. The summed E-state index contributed by atoms with van der Waals surface area (Å²) in [6, 6.07) is 16.8. The fourth-order valence-electron chi connectivity index (χ4n) is 2.40. The van der Waals surface area contributed by atoms with E-state index in [1.807, 2.05) is 37.3 Å². The number of carbonyl (C=O) groups excluding carboxylic acids is 1. The van der Waals surface area contributed by atoms with Crippen molar-refractivity contribution < 1.29 is 14.4 Å². The molecule has 0 amide bonds. The van der Waals surface area contributed by atoms with E-state index in [1.54, 1.807) is 24.3 Å². The lowest BCUT2D eigenvalue weighted by Crippen LogP contribution is -2.25. The van der Waals surface area contributed by atoms with Gasteiger partial charge in [-0.3, -0.25) is 4.79 Å². The zero-order chi connectivity index (χ0) is 18.9. The Morgan fingerprint density at radius 2 is 1.85 bits per heavy atom. The minimum absolute atomic E-state index is 0.173. The summed E-state index contributed by atoms with van der Waals surface area (Å²) in [6.45, 7) is 1.85. The number of carbonyl (C=O) groups is 1. The predicted molar refractivity (Wildman–Crippen MR) is 105 cm³/mol. The first-order chi connectivity index (χ1) is 12.5. The van der Waals surface area contributed by atoms with Gasteiger partial charge in [-0.1, -0.05) is 69.1 Å². The van der Waals surface area contributed by atoms with Crippen LogP contribution < -0.4 is 0 Å². The lowest BCUT2D eigenvalue weighted by molar-refractivity contribution is -0.112. The van der Waals surface area contributed by atoms with Crippen molar-refractivity contribution in [1.29, 1.82) is 0 Å². The van der Waals surface area contributed by atoms with Crippen molar-refractivity contribution in [3.05, 3.63) is 87.4 Å². The van der Waals surface area contributed by atoms with Gasteiger partial charge >= 0.3 is 5.71 Å². The van der Waals surface area contributed by atoms with E-state index in [0.717, 1.165) is 15.6 Å². The molecule has 5 nitrogen and oxygen atoms in total. The highest BCUT2D eigenvalue weighted by atomic mass is 79.9. The number of allylic oxidation sites excluding steroid dienone is 2. The van der Waals surface area contributed by atoms with Gasteiger partial charge in [-0.2, -0.15) is 4.79 Å². The third-order valence-corrected chi connectivity index (χ3v) is 4.09. The fourth-order valence-corrected chi connectivity index (χ4v) is 2.67. The first kappa shape index (κ1) is 19.5. The Balaban J connectivity index is 2.25. The number of halogens is 1. The van der Waals surface area contributed by atoms with Gasteiger partial charge < -0.3 is 10.4 Å². The molecule has 0 aliphatic carbocycles. The highest BCUT2D eigenvalue weighted by Crippen LogP contribution is 2.14. The fraction of sp³-hybridized carbons (Fsp3) is 0.150. The number of oxime groups is 1. The summed E-state index contributed by atoms with van der Waals surface area (Å²) >= 11 is 3.40. The van der Waals surface area contributed by atoms with Crippen LogP contribution in [0.4, 0.5) is 0 Å². The molecule has 0 N–H and O–H groups in total. The maximum atomic E-state index is 12.6. The molecule has 6 heteroatoms. The molecular formula is C20H18BrN3O2. The molecule has 0 spiro atoms. The minimum Gasteiger partial charge on any atom is -0.398 e. The van der Waals surface area contributed by atoms with Crippen LogP contribution in [0.1, 0.15) is 18.1 Å². The molecule has 0 saturated carbocycles. The molecule has 0 aliphatic rings.